The van der Waals surface area contributed by atoms with Gasteiger partial charge < -0.3 is 15.2 Å². The Labute approximate surface area is 222 Å². The summed E-state index contributed by atoms with van der Waals surface area (Å²) in [6.45, 7) is 7.76. The number of hydrogen-bond acceptors (Lipinski definition) is 5. The Hall–Kier alpha value is -3.46. The predicted molar refractivity (Wildman–Crippen MR) is 145 cm³/mol. The number of aliphatic imine (C=N–C) groups is 1. The lowest BCUT2D eigenvalue weighted by Gasteiger charge is -2.26. The van der Waals surface area contributed by atoms with Gasteiger partial charge in [-0.15, -0.1) is 0 Å². The summed E-state index contributed by atoms with van der Waals surface area (Å²) in [5.74, 6) is -0.872. The molecule has 1 aliphatic rings. The quantitative estimate of drug-likeness (QED) is 0.339. The molecule has 7 nitrogen and oxygen atoms in total. The lowest BCUT2D eigenvalue weighted by atomic mass is 9.89. The third-order valence-electron chi connectivity index (χ3n) is 7.00. The summed E-state index contributed by atoms with van der Waals surface area (Å²) in [6.07, 6.45) is 8.96. The van der Waals surface area contributed by atoms with Crippen molar-refractivity contribution in [3.8, 4) is 0 Å². The molecule has 1 amide bonds. The van der Waals surface area contributed by atoms with Crippen molar-refractivity contribution in [3.63, 3.8) is 0 Å². The van der Waals surface area contributed by atoms with Crippen molar-refractivity contribution in [2.45, 2.75) is 77.4 Å². The van der Waals surface area contributed by atoms with E-state index in [2.05, 4.69) is 34.4 Å². The van der Waals surface area contributed by atoms with E-state index in [1.165, 1.54) is 6.07 Å². The van der Waals surface area contributed by atoms with Gasteiger partial charge in [-0.25, -0.2) is 13.8 Å². The number of fused-ring (bicyclic) bond motifs is 1. The highest BCUT2D eigenvalue weighted by Crippen LogP contribution is 2.25. The van der Waals surface area contributed by atoms with E-state index in [0.717, 1.165) is 36.9 Å². The van der Waals surface area contributed by atoms with Gasteiger partial charge in [-0.05, 0) is 75.4 Å². The van der Waals surface area contributed by atoms with Crippen LogP contribution in [0, 0.1) is 11.6 Å². The smallest absolute Gasteiger partial charge is 0.250 e. The Morgan fingerprint density at radius 3 is 2.82 bits per heavy atom. The van der Waals surface area contributed by atoms with Crippen LogP contribution in [0.1, 0.15) is 63.3 Å². The topological polar surface area (TPSA) is 84.2 Å². The number of nitrogens with one attached hydrogen (secondary N) is 2. The molecule has 0 saturated carbocycles. The van der Waals surface area contributed by atoms with E-state index in [4.69, 9.17) is 4.99 Å². The van der Waals surface area contributed by atoms with Crippen LogP contribution in [0.4, 0.5) is 14.6 Å². The molecule has 2 aromatic heterocycles. The maximum absolute atomic E-state index is 14.3. The van der Waals surface area contributed by atoms with Crippen LogP contribution in [-0.4, -0.2) is 38.7 Å². The summed E-state index contributed by atoms with van der Waals surface area (Å²) in [4.78, 5) is 26.6. The fraction of sp³-hybridized carbons (Fsp3) is 0.448. The third-order valence-corrected chi connectivity index (χ3v) is 7.00. The fourth-order valence-corrected chi connectivity index (χ4v) is 4.68. The molecule has 1 aliphatic carbocycles. The summed E-state index contributed by atoms with van der Waals surface area (Å²) < 4.78 is 29.9. The number of halogens is 2. The molecular formula is C29H36F2N6O. The number of benzene rings is 1. The fourth-order valence-electron chi connectivity index (χ4n) is 4.68. The first-order valence-electron chi connectivity index (χ1n) is 13.2. The standard InChI is InChI=1S/C29H36F2N6O/c1-4-7-26(35-22-10-9-20-14-21(30)15-25(31)24(20)16-22)28(38)36-27-18-37(19-34-27)29(2,3)11-13-32-17-23-8-5-6-12-33-23/h5-6,8,12,14-15,18-19,26,32H,4,7,9-11,13,16-17H2,1-3H3,(H,36,38)/t26-/m0/s1. The lowest BCUT2D eigenvalue weighted by Crippen LogP contribution is -2.30. The van der Waals surface area contributed by atoms with Crippen molar-refractivity contribution in [3.05, 3.63) is 77.5 Å². The third kappa shape index (κ3) is 7.10. The molecule has 38 heavy (non-hydrogen) atoms. The minimum absolute atomic E-state index is 0.213. The first kappa shape index (κ1) is 27.6. The molecule has 3 aromatic rings. The van der Waals surface area contributed by atoms with Gasteiger partial charge in [0.05, 0.1) is 12.0 Å². The predicted octanol–water partition coefficient (Wildman–Crippen LogP) is 5.21. The number of carbonyl (C=O) groups excluding carboxylic acids is 1. The number of carbonyl (C=O) groups is 1. The van der Waals surface area contributed by atoms with Crippen molar-refractivity contribution >= 4 is 17.4 Å². The number of anilines is 1. The van der Waals surface area contributed by atoms with Gasteiger partial charge in [0.2, 0.25) is 5.91 Å². The highest BCUT2D eigenvalue weighted by Gasteiger charge is 2.24. The molecule has 0 radical (unpaired) electrons. The Balaban J connectivity index is 1.35. The van der Waals surface area contributed by atoms with Gasteiger partial charge in [0.15, 0.2) is 5.82 Å². The second-order valence-electron chi connectivity index (χ2n) is 10.4. The normalized spacial score (nSPS) is 15.3. The molecule has 4 rings (SSSR count). The highest BCUT2D eigenvalue weighted by atomic mass is 19.1. The van der Waals surface area contributed by atoms with Crippen LogP contribution >= 0.6 is 0 Å². The molecule has 0 unspecified atom stereocenters. The van der Waals surface area contributed by atoms with Crippen molar-refractivity contribution in [1.82, 2.24) is 19.9 Å². The molecule has 0 bridgehead atoms. The van der Waals surface area contributed by atoms with Gasteiger partial charge in [0, 0.05) is 42.7 Å². The molecule has 0 aliphatic heterocycles. The monoisotopic (exact) mass is 522 g/mol. The molecule has 0 saturated heterocycles. The molecule has 2 heterocycles. The average Bonchev–Trinajstić information content (AvgIpc) is 3.37. The van der Waals surface area contributed by atoms with Gasteiger partial charge in [0.25, 0.3) is 0 Å². The largest absolute Gasteiger partial charge is 0.330 e. The molecule has 1 atom stereocenters. The van der Waals surface area contributed by atoms with E-state index in [1.807, 2.05) is 35.9 Å². The molecule has 1 aromatic carbocycles. The highest BCUT2D eigenvalue weighted by molar-refractivity contribution is 5.97. The zero-order chi connectivity index (χ0) is 27.1. The summed E-state index contributed by atoms with van der Waals surface area (Å²) in [7, 11) is 0. The molecule has 0 spiro atoms. The van der Waals surface area contributed by atoms with E-state index in [1.54, 1.807) is 12.5 Å². The van der Waals surface area contributed by atoms with Crippen LogP contribution in [0.25, 0.3) is 0 Å². The zero-order valence-electron chi connectivity index (χ0n) is 22.3. The number of aromatic nitrogens is 3. The molecular weight excluding hydrogens is 486 g/mol. The number of aryl methyl sites for hydroxylation is 1. The van der Waals surface area contributed by atoms with Gasteiger partial charge >= 0.3 is 0 Å². The summed E-state index contributed by atoms with van der Waals surface area (Å²) in [6, 6.07) is 7.58. The lowest BCUT2D eigenvalue weighted by molar-refractivity contribution is -0.117. The average molecular weight is 523 g/mol. The second kappa shape index (κ2) is 12.4. The number of amides is 1. The SMILES string of the molecule is CCC[C@H](N=C1CCc2cc(F)cc(F)c2C1)C(=O)Nc1cn(C(C)(C)CCNCc2ccccn2)cn1. The van der Waals surface area contributed by atoms with Crippen molar-refractivity contribution in [1.29, 1.82) is 0 Å². The Morgan fingerprint density at radius 2 is 2.05 bits per heavy atom. The van der Waals surface area contributed by atoms with Gasteiger partial charge in [-0.1, -0.05) is 19.4 Å². The second-order valence-corrected chi connectivity index (χ2v) is 10.4. The van der Waals surface area contributed by atoms with E-state index in [0.29, 0.717) is 49.2 Å². The minimum atomic E-state index is -0.589. The minimum Gasteiger partial charge on any atom is -0.330 e. The van der Waals surface area contributed by atoms with E-state index < -0.39 is 17.7 Å². The zero-order valence-corrected chi connectivity index (χ0v) is 22.3. The summed E-state index contributed by atoms with van der Waals surface area (Å²) in [5.41, 5.74) is 2.71. The van der Waals surface area contributed by atoms with E-state index in [9.17, 15) is 13.6 Å². The molecule has 202 valence electrons. The molecule has 0 fully saturated rings. The van der Waals surface area contributed by atoms with Crippen LogP contribution < -0.4 is 10.6 Å². The molecule has 9 heteroatoms. The number of nitrogens with zero attached hydrogens (tertiary/aromatic N) is 4. The maximum Gasteiger partial charge on any atom is 0.250 e. The first-order chi connectivity index (χ1) is 18.2. The number of hydrogen-bond donors (Lipinski definition) is 2. The van der Waals surface area contributed by atoms with Crippen molar-refractivity contribution < 1.29 is 13.6 Å². The van der Waals surface area contributed by atoms with Crippen molar-refractivity contribution in [2.75, 3.05) is 11.9 Å². The van der Waals surface area contributed by atoms with Crippen LogP contribution in [0.15, 0.2) is 54.0 Å². The van der Waals surface area contributed by atoms with Crippen LogP contribution in [0.2, 0.25) is 0 Å². The molecule has 2 N–H and O–H groups in total. The maximum atomic E-state index is 14.3. The van der Waals surface area contributed by atoms with Crippen LogP contribution in [-0.2, 0) is 29.7 Å². The Bertz CT molecular complexity index is 1270. The van der Waals surface area contributed by atoms with E-state index >= 15 is 0 Å². The summed E-state index contributed by atoms with van der Waals surface area (Å²) in [5, 5.41) is 6.33. The van der Waals surface area contributed by atoms with Crippen molar-refractivity contribution in [2.24, 2.45) is 4.99 Å². The number of rotatable bonds is 11. The van der Waals surface area contributed by atoms with E-state index in [-0.39, 0.29) is 11.4 Å². The number of pyridine rings is 1. The van der Waals surface area contributed by atoms with Gasteiger partial charge in [-0.3, -0.25) is 14.8 Å². The van der Waals surface area contributed by atoms with Gasteiger partial charge in [0.1, 0.15) is 17.7 Å². The Kier molecular flexibility index (Phi) is 8.99. The van der Waals surface area contributed by atoms with Crippen LogP contribution in [0.5, 0.6) is 0 Å². The van der Waals surface area contributed by atoms with Crippen LogP contribution in [0.3, 0.4) is 0 Å². The Morgan fingerprint density at radius 1 is 1.21 bits per heavy atom. The summed E-state index contributed by atoms with van der Waals surface area (Å²) >= 11 is 0. The first-order valence-corrected chi connectivity index (χ1v) is 13.2. The number of imidazole rings is 1. The van der Waals surface area contributed by atoms with Gasteiger partial charge in [-0.2, -0.15) is 0 Å².